The Morgan fingerprint density at radius 2 is 2.26 bits per heavy atom. The largest absolute Gasteiger partial charge is 0.496 e. The number of benzene rings is 1. The van der Waals surface area contributed by atoms with E-state index in [1.807, 2.05) is 0 Å². The fraction of sp³-hybridized carbons (Fsp3) is 0.500. The molecule has 0 radical (unpaired) electrons. The van der Waals surface area contributed by atoms with Gasteiger partial charge < -0.3 is 14.4 Å². The van der Waals surface area contributed by atoms with Crippen LogP contribution < -0.4 is 14.9 Å². The van der Waals surface area contributed by atoms with Crippen molar-refractivity contribution >= 4 is 22.6 Å². The Hall–Kier alpha value is -1.69. The Bertz CT molecular complexity index is 682. The normalized spacial score (nSPS) is 17.1. The fourth-order valence-corrected chi connectivity index (χ4v) is 2.83. The molecule has 0 spiro atoms. The molecule has 1 heterocycles. The predicted octanol–water partition coefficient (Wildman–Crippen LogP) is -0.960. The Morgan fingerprint density at radius 1 is 1.52 bits per heavy atom. The molecule has 1 aromatic rings. The van der Waals surface area contributed by atoms with Gasteiger partial charge in [-0.1, -0.05) is 12.1 Å². The van der Waals surface area contributed by atoms with E-state index in [0.29, 0.717) is 23.2 Å². The average molecular weight is 344 g/mol. The second-order valence-corrected chi connectivity index (χ2v) is 6.95. The summed E-state index contributed by atoms with van der Waals surface area (Å²) in [6, 6.07) is 4.94. The first kappa shape index (κ1) is 17.7. The third-order valence-electron chi connectivity index (χ3n) is 3.24. The van der Waals surface area contributed by atoms with Gasteiger partial charge in [0.05, 0.1) is 12.9 Å². The Kier molecular flexibility index (Phi) is 5.57. The van der Waals surface area contributed by atoms with Gasteiger partial charge in [-0.25, -0.2) is 13.1 Å². The predicted molar refractivity (Wildman–Crippen MR) is 82.7 cm³/mol. The SMILES string of the molecule is CS(=O)(=O)NCCCOc1cccc2c1B(O)OC2C[N+](=O)[O-]. The van der Waals surface area contributed by atoms with E-state index in [1.165, 1.54) is 0 Å². The zero-order valence-corrected chi connectivity index (χ0v) is 13.3. The maximum absolute atomic E-state index is 10.9. The van der Waals surface area contributed by atoms with Crippen molar-refractivity contribution in [3.8, 4) is 5.75 Å². The van der Waals surface area contributed by atoms with Gasteiger partial charge in [-0.2, -0.15) is 0 Å². The van der Waals surface area contributed by atoms with Gasteiger partial charge in [-0.15, -0.1) is 0 Å². The molecule has 1 aliphatic rings. The molecule has 0 saturated carbocycles. The molecule has 0 amide bonds. The third kappa shape index (κ3) is 4.89. The highest BCUT2D eigenvalue weighted by molar-refractivity contribution is 7.88. The summed E-state index contributed by atoms with van der Waals surface area (Å²) in [4.78, 5) is 10.1. The van der Waals surface area contributed by atoms with Crippen molar-refractivity contribution in [2.45, 2.75) is 12.5 Å². The second kappa shape index (κ2) is 7.26. The van der Waals surface area contributed by atoms with E-state index in [0.717, 1.165) is 6.26 Å². The molecule has 23 heavy (non-hydrogen) atoms. The Balaban J connectivity index is 1.99. The number of sulfonamides is 1. The highest BCUT2D eigenvalue weighted by Gasteiger charge is 2.40. The van der Waals surface area contributed by atoms with Gasteiger partial charge in [-0.05, 0) is 18.1 Å². The standard InChI is InChI=1S/C12H17BN2O7S/c1-23(19,20)14-6-3-7-21-10-5-2-4-9-11(8-15(17)18)22-13(16)12(9)10/h2,4-5,11,14,16H,3,6-8H2,1H3. The van der Waals surface area contributed by atoms with Crippen molar-refractivity contribution in [2.75, 3.05) is 26.0 Å². The first-order valence-electron chi connectivity index (χ1n) is 6.93. The van der Waals surface area contributed by atoms with Crippen LogP contribution in [0.25, 0.3) is 0 Å². The zero-order valence-electron chi connectivity index (χ0n) is 12.5. The number of fused-ring (bicyclic) bond motifs is 1. The summed E-state index contributed by atoms with van der Waals surface area (Å²) in [5.41, 5.74) is 0.913. The molecule has 126 valence electrons. The summed E-state index contributed by atoms with van der Waals surface area (Å²) < 4.78 is 34.9. The number of nitrogens with zero attached hydrogens (tertiary/aromatic N) is 1. The lowest BCUT2D eigenvalue weighted by molar-refractivity contribution is -0.490. The van der Waals surface area contributed by atoms with Gasteiger partial charge in [0, 0.05) is 16.9 Å². The van der Waals surface area contributed by atoms with Crippen LogP contribution in [-0.2, 0) is 14.7 Å². The minimum Gasteiger partial charge on any atom is -0.494 e. The monoisotopic (exact) mass is 344 g/mol. The average Bonchev–Trinajstić information content (AvgIpc) is 2.74. The van der Waals surface area contributed by atoms with Crippen LogP contribution in [0.5, 0.6) is 5.75 Å². The minimum atomic E-state index is -3.24. The maximum Gasteiger partial charge on any atom is 0.496 e. The topological polar surface area (TPSA) is 128 Å². The third-order valence-corrected chi connectivity index (χ3v) is 3.97. The summed E-state index contributed by atoms with van der Waals surface area (Å²) in [6.07, 6.45) is 0.693. The Labute approximate surface area is 133 Å². The van der Waals surface area contributed by atoms with Gasteiger partial charge in [0.2, 0.25) is 16.6 Å². The molecule has 0 aromatic heterocycles. The molecule has 1 unspecified atom stereocenters. The van der Waals surface area contributed by atoms with E-state index < -0.39 is 34.7 Å². The molecule has 1 aromatic carbocycles. The lowest BCUT2D eigenvalue weighted by Gasteiger charge is -2.11. The van der Waals surface area contributed by atoms with Crippen LogP contribution in [0.15, 0.2) is 18.2 Å². The van der Waals surface area contributed by atoms with Crippen LogP contribution in [0.3, 0.4) is 0 Å². The molecule has 0 saturated heterocycles. The molecule has 0 aliphatic carbocycles. The lowest BCUT2D eigenvalue weighted by atomic mass is 9.78. The Morgan fingerprint density at radius 3 is 2.91 bits per heavy atom. The van der Waals surface area contributed by atoms with Gasteiger partial charge in [0.15, 0.2) is 0 Å². The van der Waals surface area contributed by atoms with Crippen molar-refractivity contribution in [2.24, 2.45) is 0 Å². The number of hydrogen-bond acceptors (Lipinski definition) is 7. The smallest absolute Gasteiger partial charge is 0.494 e. The fourth-order valence-electron chi connectivity index (χ4n) is 2.32. The van der Waals surface area contributed by atoms with E-state index in [9.17, 15) is 23.6 Å². The van der Waals surface area contributed by atoms with E-state index in [-0.39, 0.29) is 13.2 Å². The van der Waals surface area contributed by atoms with E-state index in [4.69, 9.17) is 9.39 Å². The zero-order chi connectivity index (χ0) is 17.0. The first-order valence-corrected chi connectivity index (χ1v) is 8.82. The number of hydrogen-bond donors (Lipinski definition) is 2. The highest BCUT2D eigenvalue weighted by atomic mass is 32.2. The van der Waals surface area contributed by atoms with Gasteiger partial charge in [0.25, 0.3) is 0 Å². The highest BCUT2D eigenvalue weighted by Crippen LogP contribution is 2.27. The van der Waals surface area contributed by atoms with Crippen molar-refractivity contribution in [1.82, 2.24) is 4.72 Å². The molecular weight excluding hydrogens is 327 g/mol. The molecule has 9 nitrogen and oxygen atoms in total. The summed E-state index contributed by atoms with van der Waals surface area (Å²) in [5.74, 6) is 0.375. The van der Waals surface area contributed by atoms with Crippen molar-refractivity contribution in [3.05, 3.63) is 33.9 Å². The second-order valence-electron chi connectivity index (χ2n) is 5.12. The maximum atomic E-state index is 10.9. The summed E-state index contributed by atoms with van der Waals surface area (Å²) in [7, 11) is -4.51. The lowest BCUT2D eigenvalue weighted by Crippen LogP contribution is -2.30. The number of nitrogens with one attached hydrogen (secondary N) is 1. The van der Waals surface area contributed by atoms with Crippen LogP contribution >= 0.6 is 0 Å². The van der Waals surface area contributed by atoms with Crippen LogP contribution in [0.4, 0.5) is 0 Å². The van der Waals surface area contributed by atoms with Crippen LogP contribution in [0, 0.1) is 10.1 Å². The summed E-state index contributed by atoms with van der Waals surface area (Å²) >= 11 is 0. The van der Waals surface area contributed by atoms with E-state index >= 15 is 0 Å². The van der Waals surface area contributed by atoms with Crippen molar-refractivity contribution in [1.29, 1.82) is 0 Å². The van der Waals surface area contributed by atoms with Gasteiger partial charge in [-0.3, -0.25) is 10.1 Å². The summed E-state index contributed by atoms with van der Waals surface area (Å²) in [5, 5.41) is 20.6. The molecule has 2 rings (SSSR count). The molecule has 11 heteroatoms. The molecule has 1 atom stereocenters. The molecular formula is C12H17BN2O7S. The van der Waals surface area contributed by atoms with Crippen LogP contribution in [-0.4, -0.2) is 51.4 Å². The van der Waals surface area contributed by atoms with E-state index in [1.54, 1.807) is 18.2 Å². The number of nitro groups is 1. The minimum absolute atomic E-state index is 0.228. The number of rotatable bonds is 8. The van der Waals surface area contributed by atoms with E-state index in [2.05, 4.69) is 4.72 Å². The quantitative estimate of drug-likeness (QED) is 0.269. The number of ether oxygens (including phenoxy) is 1. The molecule has 2 N–H and O–H groups in total. The first-order chi connectivity index (χ1) is 10.8. The van der Waals surface area contributed by atoms with Crippen LogP contribution in [0.1, 0.15) is 18.1 Å². The summed E-state index contributed by atoms with van der Waals surface area (Å²) in [6.45, 7) is 0.0221. The van der Waals surface area contributed by atoms with Gasteiger partial charge >= 0.3 is 7.12 Å². The molecule has 0 fully saturated rings. The van der Waals surface area contributed by atoms with Crippen molar-refractivity contribution in [3.63, 3.8) is 0 Å². The molecule has 1 aliphatic heterocycles. The van der Waals surface area contributed by atoms with Gasteiger partial charge in [0.1, 0.15) is 11.9 Å². The molecule has 0 bridgehead atoms. The van der Waals surface area contributed by atoms with Crippen molar-refractivity contribution < 1.29 is 27.8 Å². The van der Waals surface area contributed by atoms with Crippen LogP contribution in [0.2, 0.25) is 0 Å².